The van der Waals surface area contributed by atoms with Crippen molar-refractivity contribution in [3.05, 3.63) is 45.9 Å². The quantitative estimate of drug-likeness (QED) is 0.812. The minimum atomic E-state index is -3.52. The third-order valence-corrected chi connectivity index (χ3v) is 6.46. The van der Waals surface area contributed by atoms with Crippen LogP contribution in [-0.4, -0.2) is 24.3 Å². The van der Waals surface area contributed by atoms with E-state index in [9.17, 15) is 8.42 Å². The fourth-order valence-corrected chi connectivity index (χ4v) is 5.34. The van der Waals surface area contributed by atoms with Crippen LogP contribution in [0, 0.1) is 0 Å². The van der Waals surface area contributed by atoms with E-state index >= 15 is 0 Å². The second-order valence-electron chi connectivity index (χ2n) is 4.60. The van der Waals surface area contributed by atoms with Crippen LogP contribution in [0.15, 0.2) is 40.7 Å². The predicted octanol–water partition coefficient (Wildman–Crippen LogP) is 3.32. The molecule has 0 N–H and O–H groups in total. The summed E-state index contributed by atoms with van der Waals surface area (Å²) >= 11 is 7.40. The Labute approximate surface area is 127 Å². The lowest BCUT2D eigenvalue weighted by Gasteiger charge is -2.23. The number of hydrogen-bond donors (Lipinski definition) is 0. The van der Waals surface area contributed by atoms with E-state index in [-0.39, 0.29) is 16.1 Å². The molecule has 3 rings (SSSR count). The SMILES string of the molecule is O=S(=O)(c1ccnc(Cl)c1)N1CCCC1c1cccs1. The molecular weight excluding hydrogens is 316 g/mol. The van der Waals surface area contributed by atoms with Gasteiger partial charge in [-0.15, -0.1) is 11.3 Å². The maximum absolute atomic E-state index is 12.7. The molecule has 1 saturated heterocycles. The van der Waals surface area contributed by atoms with Gasteiger partial charge < -0.3 is 0 Å². The molecule has 0 amide bonds. The number of aromatic nitrogens is 1. The van der Waals surface area contributed by atoms with Crippen LogP contribution in [0.25, 0.3) is 0 Å². The van der Waals surface area contributed by atoms with Crippen LogP contribution in [0.2, 0.25) is 5.15 Å². The van der Waals surface area contributed by atoms with E-state index in [1.165, 1.54) is 18.3 Å². The van der Waals surface area contributed by atoms with Crippen LogP contribution < -0.4 is 0 Å². The predicted molar refractivity (Wildman–Crippen MR) is 79.4 cm³/mol. The number of hydrogen-bond acceptors (Lipinski definition) is 4. The van der Waals surface area contributed by atoms with Gasteiger partial charge in [-0.2, -0.15) is 4.31 Å². The number of thiophene rings is 1. The Kier molecular flexibility index (Phi) is 3.81. The van der Waals surface area contributed by atoms with Crippen molar-refractivity contribution in [1.29, 1.82) is 0 Å². The second-order valence-corrected chi connectivity index (χ2v) is 7.86. The second kappa shape index (κ2) is 5.44. The van der Waals surface area contributed by atoms with Gasteiger partial charge in [0.05, 0.1) is 10.9 Å². The zero-order valence-corrected chi connectivity index (χ0v) is 13.0. The summed E-state index contributed by atoms with van der Waals surface area (Å²) in [5, 5.41) is 2.17. The van der Waals surface area contributed by atoms with Gasteiger partial charge in [0, 0.05) is 17.6 Å². The number of rotatable bonds is 3. The van der Waals surface area contributed by atoms with Crippen molar-refractivity contribution in [2.24, 2.45) is 0 Å². The number of pyridine rings is 1. The van der Waals surface area contributed by atoms with E-state index in [1.54, 1.807) is 15.6 Å². The molecular formula is C13H13ClN2O2S2. The summed E-state index contributed by atoms with van der Waals surface area (Å²) in [7, 11) is -3.52. The average Bonchev–Trinajstić information content (AvgIpc) is 3.09. The standard InChI is InChI=1S/C13H13ClN2O2S2/c14-13-9-10(5-6-15-13)20(17,18)16-7-1-3-11(16)12-4-2-8-19-12/h2,4-6,8-9,11H,1,3,7H2. The molecule has 1 aliphatic heterocycles. The van der Waals surface area contributed by atoms with Crippen molar-refractivity contribution in [1.82, 2.24) is 9.29 Å². The smallest absolute Gasteiger partial charge is 0.243 e. The zero-order valence-electron chi connectivity index (χ0n) is 10.6. The minimum Gasteiger partial charge on any atom is -0.244 e. The summed E-state index contributed by atoms with van der Waals surface area (Å²) in [6.45, 7) is 0.546. The maximum Gasteiger partial charge on any atom is 0.243 e. The average molecular weight is 329 g/mol. The van der Waals surface area contributed by atoms with Crippen LogP contribution in [-0.2, 0) is 10.0 Å². The summed E-state index contributed by atoms with van der Waals surface area (Å²) < 4.78 is 27.0. The molecule has 106 valence electrons. The monoisotopic (exact) mass is 328 g/mol. The van der Waals surface area contributed by atoms with E-state index in [2.05, 4.69) is 4.98 Å². The molecule has 1 unspecified atom stereocenters. The van der Waals surface area contributed by atoms with Crippen molar-refractivity contribution in [2.45, 2.75) is 23.8 Å². The van der Waals surface area contributed by atoms with Crippen molar-refractivity contribution in [3.8, 4) is 0 Å². The largest absolute Gasteiger partial charge is 0.244 e. The summed E-state index contributed by atoms with van der Waals surface area (Å²) in [6, 6.07) is 6.77. The first-order valence-electron chi connectivity index (χ1n) is 6.26. The molecule has 2 aromatic heterocycles. The molecule has 0 aliphatic carbocycles. The van der Waals surface area contributed by atoms with Crippen LogP contribution >= 0.6 is 22.9 Å². The topological polar surface area (TPSA) is 50.3 Å². The lowest BCUT2D eigenvalue weighted by atomic mass is 10.2. The summed E-state index contributed by atoms with van der Waals surface area (Å²) in [5.41, 5.74) is 0. The van der Waals surface area contributed by atoms with Crippen molar-refractivity contribution in [2.75, 3.05) is 6.54 Å². The zero-order chi connectivity index (χ0) is 14.2. The molecule has 20 heavy (non-hydrogen) atoms. The van der Waals surface area contributed by atoms with E-state index in [0.717, 1.165) is 17.7 Å². The van der Waals surface area contributed by atoms with Crippen molar-refractivity contribution >= 4 is 33.0 Å². The molecule has 1 aliphatic rings. The summed E-state index contributed by atoms with van der Waals surface area (Å²) in [5.74, 6) is 0. The van der Waals surface area contributed by atoms with Gasteiger partial charge in [0.25, 0.3) is 0 Å². The Bertz CT molecular complexity index is 701. The van der Waals surface area contributed by atoms with Gasteiger partial charge in [-0.1, -0.05) is 17.7 Å². The Morgan fingerprint density at radius 3 is 2.95 bits per heavy atom. The van der Waals surface area contributed by atoms with Crippen molar-refractivity contribution in [3.63, 3.8) is 0 Å². The Balaban J connectivity index is 1.98. The van der Waals surface area contributed by atoms with Gasteiger partial charge in [0.15, 0.2) is 0 Å². The Morgan fingerprint density at radius 1 is 1.40 bits per heavy atom. The highest BCUT2D eigenvalue weighted by Crippen LogP contribution is 2.38. The minimum absolute atomic E-state index is 0.0630. The molecule has 0 saturated carbocycles. The Hall–Kier alpha value is -0.950. The first-order valence-corrected chi connectivity index (χ1v) is 8.95. The first-order chi connectivity index (χ1) is 9.59. The fraction of sp³-hybridized carbons (Fsp3) is 0.308. The van der Waals surface area contributed by atoms with Crippen LogP contribution in [0.5, 0.6) is 0 Å². The Morgan fingerprint density at radius 2 is 2.25 bits per heavy atom. The van der Waals surface area contributed by atoms with Gasteiger partial charge in [-0.3, -0.25) is 0 Å². The molecule has 3 heterocycles. The molecule has 7 heteroatoms. The van der Waals surface area contributed by atoms with Crippen molar-refractivity contribution < 1.29 is 8.42 Å². The molecule has 0 spiro atoms. The van der Waals surface area contributed by atoms with Gasteiger partial charge in [-0.25, -0.2) is 13.4 Å². The van der Waals surface area contributed by atoms with E-state index in [4.69, 9.17) is 11.6 Å². The van der Waals surface area contributed by atoms with Gasteiger partial charge in [0.1, 0.15) is 5.15 Å². The first kappa shape index (κ1) is 14.0. The summed E-state index contributed by atoms with van der Waals surface area (Å²) in [4.78, 5) is 5.13. The molecule has 2 aromatic rings. The van der Waals surface area contributed by atoms with E-state index < -0.39 is 10.0 Å². The lowest BCUT2D eigenvalue weighted by Crippen LogP contribution is -2.30. The van der Waals surface area contributed by atoms with E-state index in [0.29, 0.717) is 6.54 Å². The third-order valence-electron chi connectivity index (χ3n) is 3.38. The van der Waals surface area contributed by atoms with Gasteiger partial charge >= 0.3 is 0 Å². The normalized spacial score (nSPS) is 20.4. The highest BCUT2D eigenvalue weighted by molar-refractivity contribution is 7.89. The lowest BCUT2D eigenvalue weighted by molar-refractivity contribution is 0.401. The van der Waals surface area contributed by atoms with Crippen LogP contribution in [0.1, 0.15) is 23.8 Å². The molecule has 0 aromatic carbocycles. The van der Waals surface area contributed by atoms with Gasteiger partial charge in [0.2, 0.25) is 10.0 Å². The molecule has 1 fully saturated rings. The number of sulfonamides is 1. The van der Waals surface area contributed by atoms with Gasteiger partial charge in [-0.05, 0) is 36.4 Å². The number of nitrogens with zero attached hydrogens (tertiary/aromatic N) is 2. The third kappa shape index (κ3) is 2.48. The maximum atomic E-state index is 12.7. The van der Waals surface area contributed by atoms with Crippen LogP contribution in [0.3, 0.4) is 0 Å². The molecule has 1 atom stereocenters. The highest BCUT2D eigenvalue weighted by Gasteiger charge is 2.36. The van der Waals surface area contributed by atoms with E-state index in [1.807, 2.05) is 17.5 Å². The summed E-state index contributed by atoms with van der Waals surface area (Å²) in [6.07, 6.45) is 3.16. The fourth-order valence-electron chi connectivity index (χ4n) is 2.47. The molecule has 0 radical (unpaired) electrons. The van der Waals surface area contributed by atoms with Crippen LogP contribution in [0.4, 0.5) is 0 Å². The highest BCUT2D eigenvalue weighted by atomic mass is 35.5. The molecule has 0 bridgehead atoms. The number of halogens is 1. The molecule has 4 nitrogen and oxygen atoms in total.